The number of nitrogens with zero attached hydrogens (tertiary/aromatic N) is 1. The Bertz CT molecular complexity index is 931. The summed E-state index contributed by atoms with van der Waals surface area (Å²) in [6.07, 6.45) is 0. The number of hydrogen-bond donors (Lipinski definition) is 3. The largest absolute Gasteiger partial charge is 0.441 e. The molecule has 0 unspecified atom stereocenters. The normalized spacial score (nSPS) is 11.9. The topological polar surface area (TPSA) is 110 Å². The van der Waals surface area contributed by atoms with Gasteiger partial charge in [0.2, 0.25) is 11.8 Å². The highest BCUT2D eigenvalue weighted by atomic mass is 16.3. The van der Waals surface area contributed by atoms with E-state index >= 15 is 0 Å². The second-order valence-electron chi connectivity index (χ2n) is 5.71. The Hall–Kier alpha value is -3.35. The first-order chi connectivity index (χ1) is 11.9. The molecule has 0 saturated heterocycles. The summed E-state index contributed by atoms with van der Waals surface area (Å²) in [6.45, 7) is 3.54. The number of amides is 2. The fourth-order valence-electron chi connectivity index (χ4n) is 2.42. The van der Waals surface area contributed by atoms with Crippen molar-refractivity contribution >= 4 is 34.3 Å². The molecule has 0 fully saturated rings. The minimum absolute atomic E-state index is 0.205. The van der Waals surface area contributed by atoms with Crippen LogP contribution in [-0.2, 0) is 4.79 Å². The number of nitrogens with one attached hydrogen (secondary N) is 2. The maximum Gasteiger partial charge on any atom is 0.248 e. The molecule has 128 valence electrons. The Morgan fingerprint density at radius 3 is 2.48 bits per heavy atom. The van der Waals surface area contributed by atoms with Gasteiger partial charge in [-0.1, -0.05) is 0 Å². The monoisotopic (exact) mass is 338 g/mol. The Kier molecular flexibility index (Phi) is 4.38. The smallest absolute Gasteiger partial charge is 0.248 e. The van der Waals surface area contributed by atoms with Gasteiger partial charge in [-0.25, -0.2) is 4.98 Å². The average Bonchev–Trinajstić information content (AvgIpc) is 2.94. The van der Waals surface area contributed by atoms with Gasteiger partial charge in [0.05, 0.1) is 0 Å². The standard InChI is InChI=1S/C18H18N4O3/c1-10(18(24)22-13-5-3-12(4-6-13)17(19)23)20-14-7-8-16-15(9-14)21-11(2)25-16/h3-10,20H,1-2H3,(H2,19,23)(H,22,24)/t10-/m1/s1. The summed E-state index contributed by atoms with van der Waals surface area (Å²) in [5.41, 5.74) is 8.38. The first-order valence-electron chi connectivity index (χ1n) is 7.77. The van der Waals surface area contributed by atoms with Crippen molar-refractivity contribution in [3.63, 3.8) is 0 Å². The van der Waals surface area contributed by atoms with E-state index in [1.165, 1.54) is 0 Å². The molecule has 2 amide bonds. The van der Waals surface area contributed by atoms with E-state index in [4.69, 9.17) is 10.2 Å². The van der Waals surface area contributed by atoms with Crippen molar-refractivity contribution in [2.45, 2.75) is 19.9 Å². The van der Waals surface area contributed by atoms with Gasteiger partial charge >= 0.3 is 0 Å². The highest BCUT2D eigenvalue weighted by Gasteiger charge is 2.14. The van der Waals surface area contributed by atoms with Gasteiger partial charge in [0.25, 0.3) is 0 Å². The zero-order valence-electron chi connectivity index (χ0n) is 13.9. The number of carbonyl (C=O) groups is 2. The lowest BCUT2D eigenvalue weighted by Crippen LogP contribution is -2.31. The number of hydrogen-bond acceptors (Lipinski definition) is 5. The summed E-state index contributed by atoms with van der Waals surface area (Å²) in [5.74, 6) is -0.119. The predicted molar refractivity (Wildman–Crippen MR) is 95.4 cm³/mol. The van der Waals surface area contributed by atoms with Crippen molar-refractivity contribution in [2.24, 2.45) is 5.73 Å². The number of anilines is 2. The van der Waals surface area contributed by atoms with E-state index < -0.39 is 11.9 Å². The van der Waals surface area contributed by atoms with Crippen LogP contribution in [0.5, 0.6) is 0 Å². The number of nitrogens with two attached hydrogens (primary N) is 1. The number of oxazole rings is 1. The van der Waals surface area contributed by atoms with Crippen LogP contribution in [0.4, 0.5) is 11.4 Å². The fraction of sp³-hybridized carbons (Fsp3) is 0.167. The van der Waals surface area contributed by atoms with E-state index in [1.54, 1.807) is 38.1 Å². The fourth-order valence-corrected chi connectivity index (χ4v) is 2.42. The van der Waals surface area contributed by atoms with Crippen molar-refractivity contribution in [3.05, 3.63) is 53.9 Å². The second kappa shape index (κ2) is 6.64. The number of aromatic nitrogens is 1. The lowest BCUT2D eigenvalue weighted by Gasteiger charge is -2.15. The maximum atomic E-state index is 12.3. The summed E-state index contributed by atoms with van der Waals surface area (Å²) < 4.78 is 5.43. The van der Waals surface area contributed by atoms with Crippen molar-refractivity contribution in [3.8, 4) is 0 Å². The molecule has 0 radical (unpaired) electrons. The number of primary amides is 1. The van der Waals surface area contributed by atoms with E-state index in [0.29, 0.717) is 22.7 Å². The Morgan fingerprint density at radius 2 is 1.80 bits per heavy atom. The molecule has 3 rings (SSSR count). The van der Waals surface area contributed by atoms with E-state index in [-0.39, 0.29) is 5.91 Å². The summed E-state index contributed by atoms with van der Waals surface area (Å²) in [6, 6.07) is 11.4. The Balaban J connectivity index is 1.65. The quantitative estimate of drug-likeness (QED) is 0.662. The number of aryl methyl sites for hydroxylation is 1. The van der Waals surface area contributed by atoms with Crippen LogP contribution in [0.15, 0.2) is 46.9 Å². The number of fused-ring (bicyclic) bond motifs is 1. The molecular formula is C18H18N4O3. The van der Waals surface area contributed by atoms with E-state index in [1.807, 2.05) is 18.2 Å². The third kappa shape index (κ3) is 3.77. The molecular weight excluding hydrogens is 320 g/mol. The minimum atomic E-state index is -0.508. The van der Waals surface area contributed by atoms with Crippen LogP contribution >= 0.6 is 0 Å². The minimum Gasteiger partial charge on any atom is -0.441 e. The molecule has 0 bridgehead atoms. The highest BCUT2D eigenvalue weighted by Crippen LogP contribution is 2.20. The molecule has 0 spiro atoms. The summed E-state index contributed by atoms with van der Waals surface area (Å²) in [7, 11) is 0. The molecule has 2 aromatic carbocycles. The lowest BCUT2D eigenvalue weighted by atomic mass is 10.2. The molecule has 7 nitrogen and oxygen atoms in total. The van der Waals surface area contributed by atoms with Crippen molar-refractivity contribution in [2.75, 3.05) is 10.6 Å². The van der Waals surface area contributed by atoms with Crippen LogP contribution in [0.2, 0.25) is 0 Å². The van der Waals surface area contributed by atoms with Crippen LogP contribution in [0.3, 0.4) is 0 Å². The van der Waals surface area contributed by atoms with Gasteiger partial charge in [-0.2, -0.15) is 0 Å². The molecule has 7 heteroatoms. The van der Waals surface area contributed by atoms with Crippen LogP contribution < -0.4 is 16.4 Å². The SMILES string of the molecule is Cc1nc2cc(N[C@H](C)C(=O)Nc3ccc(C(N)=O)cc3)ccc2o1. The van der Waals surface area contributed by atoms with Gasteiger partial charge in [-0.3, -0.25) is 9.59 Å². The molecule has 1 heterocycles. The highest BCUT2D eigenvalue weighted by molar-refractivity contribution is 5.97. The predicted octanol–water partition coefficient (Wildman–Crippen LogP) is 2.67. The molecule has 0 saturated carbocycles. The molecule has 0 aliphatic heterocycles. The average molecular weight is 338 g/mol. The van der Waals surface area contributed by atoms with E-state index in [2.05, 4.69) is 15.6 Å². The molecule has 4 N–H and O–H groups in total. The second-order valence-corrected chi connectivity index (χ2v) is 5.71. The lowest BCUT2D eigenvalue weighted by molar-refractivity contribution is -0.116. The molecule has 1 atom stereocenters. The van der Waals surface area contributed by atoms with Crippen LogP contribution in [0.1, 0.15) is 23.2 Å². The van der Waals surface area contributed by atoms with Crippen LogP contribution in [0, 0.1) is 6.92 Å². The number of rotatable bonds is 5. The maximum absolute atomic E-state index is 12.3. The number of benzene rings is 2. The van der Waals surface area contributed by atoms with Crippen LogP contribution in [0.25, 0.3) is 11.1 Å². The van der Waals surface area contributed by atoms with E-state index in [0.717, 1.165) is 11.2 Å². The molecule has 0 aliphatic rings. The van der Waals surface area contributed by atoms with Gasteiger partial charge in [-0.05, 0) is 49.4 Å². The molecule has 1 aromatic heterocycles. The third-order valence-electron chi connectivity index (χ3n) is 3.71. The first-order valence-corrected chi connectivity index (χ1v) is 7.77. The van der Waals surface area contributed by atoms with Crippen LogP contribution in [-0.4, -0.2) is 22.8 Å². The van der Waals surface area contributed by atoms with E-state index in [9.17, 15) is 9.59 Å². The van der Waals surface area contributed by atoms with Gasteiger partial charge in [0.15, 0.2) is 11.5 Å². The zero-order valence-corrected chi connectivity index (χ0v) is 13.9. The number of carbonyl (C=O) groups excluding carboxylic acids is 2. The summed E-state index contributed by atoms with van der Waals surface area (Å²) in [4.78, 5) is 27.6. The third-order valence-corrected chi connectivity index (χ3v) is 3.71. The van der Waals surface area contributed by atoms with Crippen molar-refractivity contribution in [1.29, 1.82) is 0 Å². The van der Waals surface area contributed by atoms with Gasteiger partial charge < -0.3 is 20.8 Å². The molecule has 25 heavy (non-hydrogen) atoms. The summed E-state index contributed by atoms with van der Waals surface area (Å²) >= 11 is 0. The van der Waals surface area contributed by atoms with Crippen molar-refractivity contribution in [1.82, 2.24) is 4.98 Å². The zero-order chi connectivity index (χ0) is 18.0. The molecule has 0 aliphatic carbocycles. The Labute approximate surface area is 144 Å². The Morgan fingerprint density at radius 1 is 1.12 bits per heavy atom. The van der Waals surface area contributed by atoms with Gasteiger partial charge in [0.1, 0.15) is 11.6 Å². The van der Waals surface area contributed by atoms with Gasteiger partial charge in [0, 0.05) is 23.9 Å². The summed E-state index contributed by atoms with van der Waals surface area (Å²) in [5, 5.41) is 5.91. The molecule has 3 aromatic rings. The first kappa shape index (κ1) is 16.5. The van der Waals surface area contributed by atoms with Crippen molar-refractivity contribution < 1.29 is 14.0 Å². The van der Waals surface area contributed by atoms with Gasteiger partial charge in [-0.15, -0.1) is 0 Å².